The van der Waals surface area contributed by atoms with Crippen molar-refractivity contribution in [3.8, 4) is 18.1 Å². The Kier molecular flexibility index (Phi) is 3.52. The van der Waals surface area contributed by atoms with Crippen LogP contribution in [0.5, 0.6) is 5.75 Å². The van der Waals surface area contributed by atoms with E-state index in [1.54, 1.807) is 7.11 Å². The second-order valence-corrected chi connectivity index (χ2v) is 8.54. The van der Waals surface area contributed by atoms with Gasteiger partial charge in [-0.2, -0.15) is 0 Å². The topological polar surface area (TPSA) is 29.5 Å². The lowest BCUT2D eigenvalue weighted by Crippen LogP contribution is -2.51. The van der Waals surface area contributed by atoms with Gasteiger partial charge in [-0.25, -0.2) is 0 Å². The van der Waals surface area contributed by atoms with Gasteiger partial charge >= 0.3 is 0 Å². The number of terminal acetylenes is 1. The average molecular weight is 324 g/mol. The minimum Gasteiger partial charge on any atom is -0.497 e. The lowest BCUT2D eigenvalue weighted by molar-refractivity contribution is -0.0733. The molecule has 1 aromatic carbocycles. The molecule has 1 aromatic rings. The van der Waals surface area contributed by atoms with E-state index >= 15 is 0 Å². The fraction of sp³-hybridized carbons (Fsp3) is 0.636. The molecule has 3 aliphatic carbocycles. The Bertz CT molecular complexity index is 702. The number of rotatable bonds is 1. The average Bonchev–Trinajstić information content (AvgIpc) is 2.86. The number of hydrogen-bond acceptors (Lipinski definition) is 2. The first-order valence-corrected chi connectivity index (χ1v) is 9.30. The van der Waals surface area contributed by atoms with Gasteiger partial charge in [0.2, 0.25) is 0 Å². The van der Waals surface area contributed by atoms with E-state index in [9.17, 15) is 5.11 Å². The molecule has 3 aliphatic rings. The summed E-state index contributed by atoms with van der Waals surface area (Å²) in [6.07, 6.45) is 10.8. The first-order chi connectivity index (χ1) is 11.4. The van der Waals surface area contributed by atoms with Crippen molar-refractivity contribution in [2.24, 2.45) is 23.2 Å². The zero-order valence-corrected chi connectivity index (χ0v) is 15.0. The molecule has 0 spiro atoms. The van der Waals surface area contributed by atoms with Crippen LogP contribution >= 0.6 is 0 Å². The lowest BCUT2D eigenvalue weighted by atomic mass is 9.51. The summed E-state index contributed by atoms with van der Waals surface area (Å²) in [5.41, 5.74) is 1.93. The highest BCUT2D eigenvalue weighted by molar-refractivity contribution is 5.41. The molecule has 0 unspecified atom stereocenters. The number of benzene rings is 1. The third-order valence-electron chi connectivity index (χ3n) is 7.67. The Morgan fingerprint density at radius 2 is 2.08 bits per heavy atom. The van der Waals surface area contributed by atoms with Gasteiger partial charge in [-0.15, -0.1) is 6.42 Å². The fourth-order valence-corrected chi connectivity index (χ4v) is 6.34. The standard InChI is InChI=1S/C22H28O2/c1-5-22(23)11-9-19-20-14(2)12-15-13-16(24-4)6-7-17(15)18(20)8-10-21(19,22)3/h1,6-7,13-14,18-20,23H,8-12H2,2-4H3/t14-,18-,19+,20-,21+,22+/m1/s1. The molecule has 0 aromatic heterocycles. The summed E-state index contributed by atoms with van der Waals surface area (Å²) in [6.45, 7) is 4.63. The number of methoxy groups -OCH3 is 1. The van der Waals surface area contributed by atoms with Crippen molar-refractivity contribution >= 4 is 0 Å². The van der Waals surface area contributed by atoms with Gasteiger partial charge in [0.1, 0.15) is 11.4 Å². The van der Waals surface area contributed by atoms with E-state index < -0.39 is 5.60 Å². The van der Waals surface area contributed by atoms with Crippen LogP contribution < -0.4 is 4.74 Å². The Morgan fingerprint density at radius 3 is 2.79 bits per heavy atom. The van der Waals surface area contributed by atoms with Crippen molar-refractivity contribution in [1.29, 1.82) is 0 Å². The Labute approximate surface area is 145 Å². The van der Waals surface area contributed by atoms with Gasteiger partial charge in [0.15, 0.2) is 0 Å². The van der Waals surface area contributed by atoms with Crippen molar-refractivity contribution < 1.29 is 9.84 Å². The lowest BCUT2D eigenvalue weighted by Gasteiger charge is -2.54. The minimum absolute atomic E-state index is 0.124. The maximum atomic E-state index is 11.0. The fourth-order valence-electron chi connectivity index (χ4n) is 6.34. The monoisotopic (exact) mass is 324 g/mol. The number of fused-ring (bicyclic) bond motifs is 5. The SMILES string of the molecule is C#C[C@]1(O)CC[C@H]2[C@@H]3[C@H](C)Cc4cc(OC)ccc4[C@H]3CC[C@@]21C. The predicted molar refractivity (Wildman–Crippen MR) is 95.9 cm³/mol. The van der Waals surface area contributed by atoms with Gasteiger partial charge in [-0.3, -0.25) is 0 Å². The Morgan fingerprint density at radius 1 is 1.29 bits per heavy atom. The van der Waals surface area contributed by atoms with Gasteiger partial charge in [0, 0.05) is 5.41 Å². The van der Waals surface area contributed by atoms with E-state index in [1.807, 2.05) is 0 Å². The smallest absolute Gasteiger partial charge is 0.130 e. The molecule has 2 heteroatoms. The molecular weight excluding hydrogens is 296 g/mol. The molecule has 0 amide bonds. The molecule has 0 bridgehead atoms. The highest BCUT2D eigenvalue weighted by Gasteiger charge is 2.62. The summed E-state index contributed by atoms with van der Waals surface area (Å²) in [6, 6.07) is 6.61. The van der Waals surface area contributed by atoms with E-state index in [-0.39, 0.29) is 5.41 Å². The van der Waals surface area contributed by atoms with Crippen LogP contribution in [0.2, 0.25) is 0 Å². The molecule has 1 N–H and O–H groups in total. The number of hydrogen-bond donors (Lipinski definition) is 1. The maximum Gasteiger partial charge on any atom is 0.130 e. The zero-order chi connectivity index (χ0) is 17.1. The van der Waals surface area contributed by atoms with Crippen LogP contribution in [0.15, 0.2) is 18.2 Å². The molecule has 2 nitrogen and oxygen atoms in total. The highest BCUT2D eigenvalue weighted by Crippen LogP contribution is 2.65. The molecule has 4 rings (SSSR count). The largest absolute Gasteiger partial charge is 0.497 e. The van der Waals surface area contributed by atoms with Crippen LogP contribution in [0.4, 0.5) is 0 Å². The number of ether oxygens (including phenoxy) is 1. The van der Waals surface area contributed by atoms with Crippen LogP contribution in [0.3, 0.4) is 0 Å². The second kappa shape index (κ2) is 5.27. The highest BCUT2D eigenvalue weighted by atomic mass is 16.5. The van der Waals surface area contributed by atoms with Crippen LogP contribution in [0.25, 0.3) is 0 Å². The molecule has 0 aliphatic heterocycles. The molecule has 128 valence electrons. The molecule has 24 heavy (non-hydrogen) atoms. The second-order valence-electron chi connectivity index (χ2n) is 8.54. The van der Waals surface area contributed by atoms with Gasteiger partial charge in [0.05, 0.1) is 7.11 Å². The van der Waals surface area contributed by atoms with Crippen molar-refractivity contribution in [2.45, 2.75) is 57.5 Å². The summed E-state index contributed by atoms with van der Waals surface area (Å²) in [4.78, 5) is 0. The van der Waals surface area contributed by atoms with Crippen LogP contribution in [0, 0.1) is 35.5 Å². The van der Waals surface area contributed by atoms with Crippen molar-refractivity contribution in [3.05, 3.63) is 29.3 Å². The van der Waals surface area contributed by atoms with Crippen molar-refractivity contribution in [2.75, 3.05) is 7.11 Å². The molecule has 2 fully saturated rings. The van der Waals surface area contributed by atoms with Crippen molar-refractivity contribution in [3.63, 3.8) is 0 Å². The van der Waals surface area contributed by atoms with Gasteiger partial charge in [-0.05, 0) is 79.0 Å². The van der Waals surface area contributed by atoms with Crippen molar-refractivity contribution in [1.82, 2.24) is 0 Å². The molecule has 6 atom stereocenters. The summed E-state index contributed by atoms with van der Waals surface area (Å²) in [7, 11) is 1.74. The summed E-state index contributed by atoms with van der Waals surface area (Å²) in [5.74, 6) is 6.11. The molecule has 0 radical (unpaired) electrons. The predicted octanol–water partition coefficient (Wildman–Crippen LogP) is 4.16. The third kappa shape index (κ3) is 1.94. The van der Waals surface area contributed by atoms with Gasteiger partial charge < -0.3 is 9.84 Å². The quantitative estimate of drug-likeness (QED) is 0.786. The molecule has 2 saturated carbocycles. The van der Waals surface area contributed by atoms with Crippen LogP contribution in [-0.4, -0.2) is 17.8 Å². The molecular formula is C22H28O2. The van der Waals surface area contributed by atoms with Gasteiger partial charge in [-0.1, -0.05) is 25.8 Å². The van der Waals surface area contributed by atoms with E-state index in [0.29, 0.717) is 23.7 Å². The summed E-state index contributed by atoms with van der Waals surface area (Å²) < 4.78 is 5.42. The zero-order valence-electron chi connectivity index (χ0n) is 15.0. The van der Waals surface area contributed by atoms with E-state index in [1.165, 1.54) is 11.1 Å². The third-order valence-corrected chi connectivity index (χ3v) is 7.67. The first-order valence-electron chi connectivity index (χ1n) is 9.30. The van der Waals surface area contributed by atoms with E-state index in [2.05, 4.69) is 38.0 Å². The normalized spacial score (nSPS) is 43.3. The minimum atomic E-state index is -0.914. The Hall–Kier alpha value is -1.46. The summed E-state index contributed by atoms with van der Waals surface area (Å²) >= 11 is 0. The summed E-state index contributed by atoms with van der Waals surface area (Å²) in [5, 5.41) is 11.0. The number of aliphatic hydroxyl groups is 1. The van der Waals surface area contributed by atoms with Gasteiger partial charge in [0.25, 0.3) is 0 Å². The van der Waals surface area contributed by atoms with E-state index in [4.69, 9.17) is 11.2 Å². The van der Waals surface area contributed by atoms with E-state index in [0.717, 1.165) is 37.9 Å². The van der Waals surface area contributed by atoms with Crippen LogP contribution in [0.1, 0.15) is 56.6 Å². The van der Waals surface area contributed by atoms with Crippen LogP contribution in [-0.2, 0) is 6.42 Å². The maximum absolute atomic E-state index is 11.0. The molecule has 0 heterocycles. The Balaban J connectivity index is 1.74. The molecule has 0 saturated heterocycles. The first kappa shape index (κ1) is 16.0.